The largest absolute Gasteiger partial charge is 0.465 e. The molecule has 0 amide bonds. The highest BCUT2D eigenvalue weighted by Gasteiger charge is 2.35. The third kappa shape index (κ3) is 4.81. The van der Waals surface area contributed by atoms with Gasteiger partial charge in [-0.15, -0.1) is 0 Å². The summed E-state index contributed by atoms with van der Waals surface area (Å²) in [5.41, 5.74) is 0. The van der Waals surface area contributed by atoms with Crippen molar-refractivity contribution in [1.29, 1.82) is 0 Å². The molecule has 0 unspecified atom stereocenters. The molecule has 2 aromatic rings. The molecule has 9 heteroatoms. The molecule has 2 aliphatic rings. The molecular formula is C23H32N2O5S2. The molecule has 1 aromatic carbocycles. The van der Waals surface area contributed by atoms with E-state index in [-0.39, 0.29) is 22.4 Å². The lowest BCUT2D eigenvalue weighted by Crippen LogP contribution is -2.39. The highest BCUT2D eigenvalue weighted by Crippen LogP contribution is 2.31. The monoisotopic (exact) mass is 480 g/mol. The summed E-state index contributed by atoms with van der Waals surface area (Å²) >= 11 is 0. The molecule has 2 fully saturated rings. The fraction of sp³-hybridized carbons (Fsp3) is 0.565. The minimum Gasteiger partial charge on any atom is -0.465 e. The lowest BCUT2D eigenvalue weighted by Gasteiger charge is -2.30. The molecule has 176 valence electrons. The zero-order valence-corrected chi connectivity index (χ0v) is 20.4. The summed E-state index contributed by atoms with van der Waals surface area (Å²) in [6.07, 6.45) is 5.50. The number of hydrogen-bond donors (Lipinski definition) is 0. The van der Waals surface area contributed by atoms with Gasteiger partial charge in [0, 0.05) is 19.1 Å². The van der Waals surface area contributed by atoms with Gasteiger partial charge in [-0.3, -0.25) is 0 Å². The molecule has 4 rings (SSSR count). The summed E-state index contributed by atoms with van der Waals surface area (Å²) in [6, 6.07) is 9.24. The van der Waals surface area contributed by atoms with Crippen molar-refractivity contribution in [2.75, 3.05) is 13.1 Å². The Bertz CT molecular complexity index is 1130. The second kappa shape index (κ2) is 9.29. The van der Waals surface area contributed by atoms with Crippen LogP contribution in [0.2, 0.25) is 0 Å². The van der Waals surface area contributed by atoms with Crippen molar-refractivity contribution in [2.24, 2.45) is 5.92 Å². The van der Waals surface area contributed by atoms with Crippen molar-refractivity contribution in [3.63, 3.8) is 0 Å². The van der Waals surface area contributed by atoms with Gasteiger partial charge in [0.2, 0.25) is 20.0 Å². The van der Waals surface area contributed by atoms with Gasteiger partial charge >= 0.3 is 0 Å². The van der Waals surface area contributed by atoms with Crippen molar-refractivity contribution >= 4 is 20.0 Å². The van der Waals surface area contributed by atoms with E-state index in [2.05, 4.69) is 6.92 Å². The summed E-state index contributed by atoms with van der Waals surface area (Å²) in [4.78, 5) is 0.248. The Morgan fingerprint density at radius 1 is 0.938 bits per heavy atom. The van der Waals surface area contributed by atoms with E-state index in [1.165, 1.54) is 32.9 Å². The summed E-state index contributed by atoms with van der Waals surface area (Å²) < 4.78 is 61.9. The molecule has 1 atom stereocenters. The molecule has 0 radical (unpaired) electrons. The van der Waals surface area contributed by atoms with Crippen molar-refractivity contribution in [1.82, 2.24) is 8.61 Å². The average Bonchev–Trinajstić information content (AvgIpc) is 3.44. The van der Waals surface area contributed by atoms with E-state index in [0.717, 1.165) is 44.3 Å². The second-order valence-electron chi connectivity index (χ2n) is 9.08. The smallest absolute Gasteiger partial charge is 0.243 e. The summed E-state index contributed by atoms with van der Waals surface area (Å²) in [6.45, 7) is 5.06. The number of rotatable bonds is 7. The molecule has 1 aliphatic heterocycles. The van der Waals surface area contributed by atoms with Crippen LogP contribution < -0.4 is 0 Å². The normalized spacial score (nSPS) is 21.4. The van der Waals surface area contributed by atoms with Crippen LogP contribution >= 0.6 is 0 Å². The van der Waals surface area contributed by atoms with Crippen LogP contribution in [-0.2, 0) is 26.6 Å². The highest BCUT2D eigenvalue weighted by molar-refractivity contribution is 7.89. The van der Waals surface area contributed by atoms with Crippen LogP contribution in [0.15, 0.2) is 50.6 Å². The molecule has 1 aromatic heterocycles. The molecule has 2 heterocycles. The third-order valence-corrected chi connectivity index (χ3v) is 10.3. The van der Waals surface area contributed by atoms with E-state index in [1.54, 1.807) is 0 Å². The van der Waals surface area contributed by atoms with E-state index >= 15 is 0 Å². The first kappa shape index (κ1) is 23.5. The summed E-state index contributed by atoms with van der Waals surface area (Å²) in [5.74, 6) is 1.67. The number of aryl methyl sites for hydroxylation is 1. The Kier molecular flexibility index (Phi) is 6.81. The molecule has 0 N–H and O–H groups in total. The molecule has 0 spiro atoms. The quantitative estimate of drug-likeness (QED) is 0.594. The first-order chi connectivity index (χ1) is 15.2. The number of piperidine rings is 1. The maximum Gasteiger partial charge on any atom is 0.243 e. The SMILES string of the molecule is Cc1ccc(CN(C2CCCC2)S(=O)(=O)c2ccc(S(=O)(=O)N3CCC[C@H](C)C3)cc2)o1. The lowest BCUT2D eigenvalue weighted by atomic mass is 10.0. The maximum atomic E-state index is 13.6. The van der Waals surface area contributed by atoms with Gasteiger partial charge in [0.1, 0.15) is 11.5 Å². The zero-order chi connectivity index (χ0) is 22.9. The van der Waals surface area contributed by atoms with Crippen LogP contribution in [0.1, 0.15) is 57.0 Å². The molecule has 0 bridgehead atoms. The number of furan rings is 1. The Morgan fingerprint density at radius 2 is 1.59 bits per heavy atom. The molecule has 1 aliphatic carbocycles. The average molecular weight is 481 g/mol. The Labute approximate surface area is 191 Å². The summed E-state index contributed by atoms with van der Waals surface area (Å²) in [7, 11) is -7.43. The first-order valence-corrected chi connectivity index (χ1v) is 14.2. The standard InChI is InChI=1S/C23H32N2O5S2/c1-18-6-5-15-24(16-18)31(26,27)22-11-13-23(14-12-22)32(28,29)25(20-7-3-4-8-20)17-21-10-9-19(2)30-21/h9-14,18,20H,3-8,15-17H2,1-2H3/t18-/m0/s1. The fourth-order valence-corrected chi connectivity index (χ4v) is 8.01. The van der Waals surface area contributed by atoms with Gasteiger partial charge in [-0.2, -0.15) is 8.61 Å². The van der Waals surface area contributed by atoms with Gasteiger partial charge in [-0.25, -0.2) is 16.8 Å². The molecule has 7 nitrogen and oxygen atoms in total. The highest BCUT2D eigenvalue weighted by atomic mass is 32.2. The first-order valence-electron chi connectivity index (χ1n) is 11.4. The van der Waals surface area contributed by atoms with Crippen LogP contribution in [0.3, 0.4) is 0 Å². The van der Waals surface area contributed by atoms with Gasteiger partial charge in [0.25, 0.3) is 0 Å². The minimum absolute atomic E-state index is 0.0800. The van der Waals surface area contributed by atoms with Gasteiger partial charge in [-0.05, 0) is 74.9 Å². The van der Waals surface area contributed by atoms with E-state index in [4.69, 9.17) is 4.42 Å². The number of nitrogens with zero attached hydrogens (tertiary/aromatic N) is 2. The number of benzene rings is 1. The molecule has 32 heavy (non-hydrogen) atoms. The maximum absolute atomic E-state index is 13.6. The van der Waals surface area contributed by atoms with Crippen molar-refractivity contribution in [3.05, 3.63) is 47.9 Å². The third-order valence-electron chi connectivity index (χ3n) is 6.53. The van der Waals surface area contributed by atoms with Gasteiger partial charge in [0.05, 0.1) is 16.3 Å². The van der Waals surface area contributed by atoms with E-state index in [1.807, 2.05) is 19.1 Å². The van der Waals surface area contributed by atoms with Crippen molar-refractivity contribution in [3.8, 4) is 0 Å². The predicted octanol–water partition coefficient (Wildman–Crippen LogP) is 4.14. The van der Waals surface area contributed by atoms with Gasteiger partial charge in [0.15, 0.2) is 0 Å². The molecular weight excluding hydrogens is 448 g/mol. The van der Waals surface area contributed by atoms with Gasteiger partial charge in [-0.1, -0.05) is 19.8 Å². The fourth-order valence-electron chi connectivity index (χ4n) is 4.76. The minimum atomic E-state index is -3.80. The van der Waals surface area contributed by atoms with E-state index in [0.29, 0.717) is 24.8 Å². The predicted molar refractivity (Wildman–Crippen MR) is 122 cm³/mol. The molecule has 1 saturated carbocycles. The van der Waals surface area contributed by atoms with E-state index < -0.39 is 20.0 Å². The van der Waals surface area contributed by atoms with E-state index in [9.17, 15) is 16.8 Å². The topological polar surface area (TPSA) is 87.9 Å². The summed E-state index contributed by atoms with van der Waals surface area (Å²) in [5, 5.41) is 0. The van der Waals surface area contributed by atoms with Crippen molar-refractivity contribution < 1.29 is 21.3 Å². The number of sulfonamides is 2. The van der Waals surface area contributed by atoms with Crippen LogP contribution in [0.5, 0.6) is 0 Å². The Hall–Kier alpha value is -1.68. The molecule has 1 saturated heterocycles. The second-order valence-corrected chi connectivity index (χ2v) is 12.9. The Morgan fingerprint density at radius 3 is 2.19 bits per heavy atom. The van der Waals surface area contributed by atoms with Gasteiger partial charge < -0.3 is 4.42 Å². The van der Waals surface area contributed by atoms with Crippen LogP contribution in [0.4, 0.5) is 0 Å². The Balaban J connectivity index is 1.60. The van der Waals surface area contributed by atoms with Crippen molar-refractivity contribution in [2.45, 2.75) is 74.7 Å². The van der Waals surface area contributed by atoms with Crippen LogP contribution in [-0.4, -0.2) is 44.6 Å². The van der Waals surface area contributed by atoms with Crippen LogP contribution in [0, 0.1) is 12.8 Å². The number of hydrogen-bond acceptors (Lipinski definition) is 5. The van der Waals surface area contributed by atoms with Crippen LogP contribution in [0.25, 0.3) is 0 Å². The lowest BCUT2D eigenvalue weighted by molar-refractivity contribution is 0.281. The zero-order valence-electron chi connectivity index (χ0n) is 18.7.